The third-order valence-electron chi connectivity index (χ3n) is 5.72. The summed E-state index contributed by atoms with van der Waals surface area (Å²) in [6.07, 6.45) is 6.21. The Bertz CT molecular complexity index is 1260. The zero-order valence-electron chi connectivity index (χ0n) is 20.9. The van der Waals surface area contributed by atoms with E-state index in [4.69, 9.17) is 4.74 Å². The van der Waals surface area contributed by atoms with Gasteiger partial charge in [-0.25, -0.2) is 9.78 Å². The number of unbranched alkanes of at least 4 members (excludes halogenated alkanes) is 2. The van der Waals surface area contributed by atoms with Crippen LogP contribution in [0.5, 0.6) is 0 Å². The van der Waals surface area contributed by atoms with Gasteiger partial charge in [-0.2, -0.15) is 8.42 Å². The Morgan fingerprint density at radius 2 is 1.75 bits per heavy atom. The number of amides is 2. The molecule has 0 spiro atoms. The van der Waals surface area contributed by atoms with Gasteiger partial charge in [0.2, 0.25) is 15.3 Å². The second kappa shape index (κ2) is 14.2. The van der Waals surface area contributed by atoms with Crippen molar-refractivity contribution in [1.82, 2.24) is 14.9 Å². The number of nitrogens with zero attached hydrogens (tertiary/aromatic N) is 2. The van der Waals surface area contributed by atoms with E-state index in [1.165, 1.54) is 0 Å². The van der Waals surface area contributed by atoms with Gasteiger partial charge in [-0.1, -0.05) is 69.2 Å². The van der Waals surface area contributed by atoms with Crippen LogP contribution in [0.1, 0.15) is 50.8 Å². The number of carbonyl (C=O) groups is 1. The Balaban J connectivity index is 1.62. The molecule has 0 aliphatic rings. The van der Waals surface area contributed by atoms with Crippen molar-refractivity contribution in [3.8, 4) is 11.3 Å². The summed E-state index contributed by atoms with van der Waals surface area (Å²) in [4.78, 5) is 16.9. The van der Waals surface area contributed by atoms with Crippen LogP contribution in [0.2, 0.25) is 0 Å². The van der Waals surface area contributed by atoms with Gasteiger partial charge < -0.3 is 19.9 Å². The highest BCUT2D eigenvalue weighted by Gasteiger charge is 2.15. The summed E-state index contributed by atoms with van der Waals surface area (Å²) in [6, 6.07) is 16.4. The van der Waals surface area contributed by atoms with Crippen LogP contribution in [0.25, 0.3) is 11.3 Å². The van der Waals surface area contributed by atoms with Gasteiger partial charge >= 0.3 is 6.03 Å². The molecule has 2 amide bonds. The zero-order valence-corrected chi connectivity index (χ0v) is 21.7. The molecule has 0 radical (unpaired) electrons. The Morgan fingerprint density at radius 3 is 2.47 bits per heavy atom. The number of anilines is 1. The molecule has 3 aromatic rings. The molecule has 2 N–H and O–H groups in total. The number of rotatable bonds is 12. The summed E-state index contributed by atoms with van der Waals surface area (Å²) < 4.78 is 31.8. The molecule has 8 nitrogen and oxygen atoms in total. The molecule has 0 saturated heterocycles. The number of hydrogen-bond acceptors (Lipinski definition) is 5. The first kappa shape index (κ1) is 27.2. The van der Waals surface area contributed by atoms with E-state index in [2.05, 4.69) is 34.0 Å². The van der Waals surface area contributed by atoms with Crippen molar-refractivity contribution in [2.24, 2.45) is 0 Å². The lowest BCUT2D eigenvalue weighted by molar-refractivity contribution is 0.252. The normalized spacial score (nSPS) is 10.7. The fourth-order valence-electron chi connectivity index (χ4n) is 3.94. The molecule has 0 bridgehead atoms. The van der Waals surface area contributed by atoms with Crippen molar-refractivity contribution >= 4 is 27.1 Å². The van der Waals surface area contributed by atoms with Gasteiger partial charge in [0.25, 0.3) is 0 Å². The average Bonchev–Trinajstić information content (AvgIpc) is 3.30. The van der Waals surface area contributed by atoms with E-state index < -0.39 is 10.3 Å². The second-order valence-electron chi connectivity index (χ2n) is 8.31. The fourth-order valence-corrected chi connectivity index (χ4v) is 4.47. The maximum atomic E-state index is 12.3. The number of hydrogen-bond donors (Lipinski definition) is 2. The molecule has 192 valence electrons. The molecular formula is C27H34N4O4S. The number of nitrogens with one attached hydrogen (secondary N) is 2. The molecule has 2 aromatic carbocycles. The van der Waals surface area contributed by atoms with Gasteiger partial charge in [0.15, 0.2) is 0 Å². The predicted octanol–water partition coefficient (Wildman–Crippen LogP) is 4.89. The zero-order chi connectivity index (χ0) is 25.8. The SMILES string of the molecule is CCCCCNC(=O)Nc1ccccc1C(OCCCn1cnc(-c2ccccc2)c1CC)=S(=O)=O. The van der Waals surface area contributed by atoms with E-state index >= 15 is 0 Å². The van der Waals surface area contributed by atoms with E-state index in [-0.39, 0.29) is 17.7 Å². The third kappa shape index (κ3) is 7.53. The summed E-state index contributed by atoms with van der Waals surface area (Å²) in [5.74, 6) is 0. The summed E-state index contributed by atoms with van der Waals surface area (Å²) in [5, 5.41) is 5.34. The van der Waals surface area contributed by atoms with Crippen molar-refractivity contribution in [1.29, 1.82) is 0 Å². The average molecular weight is 511 g/mol. The van der Waals surface area contributed by atoms with Crippen LogP contribution in [0, 0.1) is 0 Å². The van der Waals surface area contributed by atoms with Crippen LogP contribution in [0.4, 0.5) is 10.5 Å². The highest BCUT2D eigenvalue weighted by Crippen LogP contribution is 2.23. The van der Waals surface area contributed by atoms with Crippen LogP contribution in [-0.4, -0.2) is 42.2 Å². The van der Waals surface area contributed by atoms with Gasteiger partial charge in [-0.3, -0.25) is 0 Å². The van der Waals surface area contributed by atoms with Crippen LogP contribution < -0.4 is 10.6 Å². The van der Waals surface area contributed by atoms with Gasteiger partial charge in [0.1, 0.15) is 0 Å². The molecule has 0 unspecified atom stereocenters. The molecule has 0 saturated carbocycles. The molecule has 1 heterocycles. The van der Waals surface area contributed by atoms with E-state index in [1.54, 1.807) is 24.3 Å². The van der Waals surface area contributed by atoms with Crippen LogP contribution in [-0.2, 0) is 28.0 Å². The number of benzene rings is 2. The highest BCUT2D eigenvalue weighted by atomic mass is 32.2. The van der Waals surface area contributed by atoms with Gasteiger partial charge in [0.05, 0.1) is 24.3 Å². The minimum absolute atomic E-state index is 0.191. The van der Waals surface area contributed by atoms with Crippen molar-refractivity contribution in [2.45, 2.75) is 52.5 Å². The van der Waals surface area contributed by atoms with Crippen LogP contribution in [0.15, 0.2) is 60.9 Å². The smallest absolute Gasteiger partial charge is 0.319 e. The summed E-state index contributed by atoms with van der Waals surface area (Å²) in [7, 11) is -2.61. The van der Waals surface area contributed by atoms with Gasteiger partial charge in [-0.15, -0.1) is 0 Å². The van der Waals surface area contributed by atoms with Crippen molar-refractivity contribution < 1.29 is 17.9 Å². The Kier molecular flexibility index (Phi) is 10.7. The molecule has 1 aromatic heterocycles. The lowest BCUT2D eigenvalue weighted by atomic mass is 10.1. The minimum atomic E-state index is -2.61. The summed E-state index contributed by atoms with van der Waals surface area (Å²) in [5.41, 5.74) is 3.84. The number of ether oxygens (including phenoxy) is 1. The van der Waals surface area contributed by atoms with Crippen LogP contribution in [0.3, 0.4) is 0 Å². The Labute approximate surface area is 214 Å². The van der Waals surface area contributed by atoms with Gasteiger partial charge in [-0.05, 0) is 31.4 Å². The van der Waals surface area contributed by atoms with Crippen molar-refractivity contribution in [2.75, 3.05) is 18.5 Å². The first-order chi connectivity index (χ1) is 17.5. The van der Waals surface area contributed by atoms with E-state index in [9.17, 15) is 13.2 Å². The molecule has 36 heavy (non-hydrogen) atoms. The molecule has 9 heteroatoms. The maximum Gasteiger partial charge on any atom is 0.319 e. The number of aryl methyl sites for hydroxylation is 1. The number of aromatic nitrogens is 2. The number of imidazole rings is 1. The largest absolute Gasteiger partial charge is 0.338 e. The molecule has 0 atom stereocenters. The predicted molar refractivity (Wildman–Crippen MR) is 144 cm³/mol. The standard InChI is InChI=1S/C27H34N4O4S/c1-3-5-11-17-28-27(32)30-23-16-10-9-15-22(23)26(36(33)34)35-19-12-18-31-20-29-25(24(31)4-2)21-13-7-6-8-14-21/h6-10,13-16,20H,3-5,11-12,17-19H2,1-2H3,(H2,28,30,32). The number of urea groups is 1. The quantitative estimate of drug-likeness (QED) is 0.267. The van der Waals surface area contributed by atoms with E-state index in [1.807, 2.05) is 36.7 Å². The first-order valence-corrected chi connectivity index (χ1v) is 13.4. The molecular weight excluding hydrogens is 476 g/mol. The number of carbonyl (C=O) groups excluding carboxylic acids is 1. The minimum Gasteiger partial charge on any atom is -0.338 e. The Hall–Kier alpha value is -3.43. The van der Waals surface area contributed by atoms with Crippen molar-refractivity contribution in [3.63, 3.8) is 0 Å². The lowest BCUT2D eigenvalue weighted by Gasteiger charge is -2.13. The lowest BCUT2D eigenvalue weighted by Crippen LogP contribution is -2.30. The van der Waals surface area contributed by atoms with Crippen LogP contribution >= 0.6 is 0 Å². The maximum absolute atomic E-state index is 12.3. The third-order valence-corrected chi connectivity index (χ3v) is 6.36. The second-order valence-corrected chi connectivity index (χ2v) is 9.15. The first-order valence-electron chi connectivity index (χ1n) is 12.4. The van der Waals surface area contributed by atoms with E-state index in [0.717, 1.165) is 42.6 Å². The summed E-state index contributed by atoms with van der Waals surface area (Å²) in [6.45, 7) is 5.58. The molecule has 3 rings (SSSR count). The Morgan fingerprint density at radius 1 is 1.00 bits per heavy atom. The topological polar surface area (TPSA) is 102 Å². The van der Waals surface area contributed by atoms with Gasteiger partial charge in [0, 0.05) is 29.9 Å². The molecule has 0 aliphatic carbocycles. The molecule has 0 fully saturated rings. The molecule has 0 aliphatic heterocycles. The fraction of sp³-hybridized carbons (Fsp3) is 0.370. The van der Waals surface area contributed by atoms with E-state index in [0.29, 0.717) is 30.8 Å². The summed E-state index contributed by atoms with van der Waals surface area (Å²) >= 11 is 0. The number of para-hydroxylation sites is 1. The monoisotopic (exact) mass is 510 g/mol. The highest BCUT2D eigenvalue weighted by molar-refractivity contribution is 7.73. The van der Waals surface area contributed by atoms with Crippen molar-refractivity contribution in [3.05, 3.63) is 72.2 Å².